The van der Waals surface area contributed by atoms with E-state index >= 15 is 0 Å². The van der Waals surface area contributed by atoms with E-state index in [2.05, 4.69) is 10.6 Å². The number of amides is 1. The third-order valence-electron chi connectivity index (χ3n) is 2.73. The van der Waals surface area contributed by atoms with Crippen molar-refractivity contribution >= 4 is 17.6 Å². The summed E-state index contributed by atoms with van der Waals surface area (Å²) in [6.07, 6.45) is 0. The molecule has 0 spiro atoms. The molecule has 1 aromatic carbocycles. The number of rotatable bonds is 3. The van der Waals surface area contributed by atoms with E-state index in [0.717, 1.165) is 0 Å². The summed E-state index contributed by atoms with van der Waals surface area (Å²) < 4.78 is 5.16. The van der Waals surface area contributed by atoms with Gasteiger partial charge in [-0.15, -0.1) is 0 Å². The highest BCUT2D eigenvalue weighted by molar-refractivity contribution is 5.96. The van der Waals surface area contributed by atoms with Crippen molar-refractivity contribution in [3.63, 3.8) is 0 Å². The molecule has 1 aliphatic rings. The number of carbonyl (C=O) groups excluding carboxylic acids is 1. The highest BCUT2D eigenvalue weighted by Gasteiger charge is 2.21. The lowest BCUT2D eigenvalue weighted by Gasteiger charge is -2.22. The summed E-state index contributed by atoms with van der Waals surface area (Å²) in [5, 5.41) is 23.9. The molecule has 102 valence electrons. The number of carboxylic acids is 1. The lowest BCUT2D eigenvalue weighted by Crippen LogP contribution is -2.48. The van der Waals surface area contributed by atoms with Crippen molar-refractivity contribution in [1.29, 1.82) is 0 Å². The van der Waals surface area contributed by atoms with Crippen molar-refractivity contribution in [1.82, 2.24) is 5.32 Å². The van der Waals surface area contributed by atoms with Gasteiger partial charge in [0.15, 0.2) is 0 Å². The van der Waals surface area contributed by atoms with E-state index in [1.54, 1.807) is 0 Å². The number of ether oxygens (including phenoxy) is 1. The number of nitrogens with one attached hydrogen (secondary N) is 2. The fraction of sp³-hybridized carbons (Fsp3) is 0.333. The summed E-state index contributed by atoms with van der Waals surface area (Å²) in [7, 11) is 0. The zero-order chi connectivity index (χ0) is 13.8. The third-order valence-corrected chi connectivity index (χ3v) is 2.73. The normalized spacial score (nSPS) is 18.8. The van der Waals surface area contributed by atoms with Crippen molar-refractivity contribution in [2.24, 2.45) is 0 Å². The van der Waals surface area contributed by atoms with Crippen LogP contribution in [-0.2, 0) is 9.53 Å². The SMILES string of the molecule is O=C(O)c1ccc(NC(=O)C2COCCN2)cc1O. The maximum Gasteiger partial charge on any atom is 0.339 e. The molecule has 2 rings (SSSR count). The number of hydrogen-bond acceptors (Lipinski definition) is 5. The molecule has 1 fully saturated rings. The van der Waals surface area contributed by atoms with E-state index in [1.807, 2.05) is 0 Å². The van der Waals surface area contributed by atoms with Gasteiger partial charge in [-0.3, -0.25) is 4.79 Å². The molecule has 7 heteroatoms. The molecule has 0 aromatic heterocycles. The molecule has 19 heavy (non-hydrogen) atoms. The minimum Gasteiger partial charge on any atom is -0.507 e. The van der Waals surface area contributed by atoms with Crippen LogP contribution in [0.15, 0.2) is 18.2 Å². The topological polar surface area (TPSA) is 108 Å². The maximum atomic E-state index is 11.8. The van der Waals surface area contributed by atoms with E-state index in [4.69, 9.17) is 9.84 Å². The first kappa shape index (κ1) is 13.3. The van der Waals surface area contributed by atoms with Crippen LogP contribution in [0.5, 0.6) is 5.75 Å². The Morgan fingerprint density at radius 3 is 2.79 bits per heavy atom. The predicted octanol–water partition coefficient (Wildman–Crippen LogP) is 0.0173. The van der Waals surface area contributed by atoms with E-state index in [9.17, 15) is 14.7 Å². The van der Waals surface area contributed by atoms with Crippen LogP contribution in [0.2, 0.25) is 0 Å². The fourth-order valence-corrected chi connectivity index (χ4v) is 1.75. The number of carboxylic acid groups (broad SMARTS) is 1. The third kappa shape index (κ3) is 3.21. The zero-order valence-electron chi connectivity index (χ0n) is 10.0. The van der Waals surface area contributed by atoms with Crippen molar-refractivity contribution in [2.45, 2.75) is 6.04 Å². The number of aromatic carboxylic acids is 1. The summed E-state index contributed by atoms with van der Waals surface area (Å²) in [5.74, 6) is -1.90. The van der Waals surface area contributed by atoms with Gasteiger partial charge in [-0.1, -0.05) is 0 Å². The predicted molar refractivity (Wildman–Crippen MR) is 66.3 cm³/mol. The second-order valence-electron chi connectivity index (χ2n) is 4.11. The van der Waals surface area contributed by atoms with Crippen LogP contribution in [-0.4, -0.2) is 47.9 Å². The van der Waals surface area contributed by atoms with Crippen LogP contribution in [0.4, 0.5) is 5.69 Å². The van der Waals surface area contributed by atoms with Crippen LogP contribution < -0.4 is 10.6 Å². The Balaban J connectivity index is 2.04. The second-order valence-corrected chi connectivity index (χ2v) is 4.11. The number of carbonyl (C=O) groups is 2. The van der Waals surface area contributed by atoms with Gasteiger partial charge in [0.1, 0.15) is 17.4 Å². The molecular formula is C12H14N2O5. The first-order valence-electron chi connectivity index (χ1n) is 5.76. The van der Waals surface area contributed by atoms with Gasteiger partial charge in [0.25, 0.3) is 0 Å². The zero-order valence-corrected chi connectivity index (χ0v) is 10.0. The number of morpholine rings is 1. The summed E-state index contributed by atoms with van der Waals surface area (Å²) >= 11 is 0. The molecule has 1 unspecified atom stereocenters. The Kier molecular flexibility index (Phi) is 3.98. The Labute approximate surface area is 109 Å². The van der Waals surface area contributed by atoms with Gasteiger partial charge in [0.05, 0.1) is 13.2 Å². The monoisotopic (exact) mass is 266 g/mol. The molecule has 7 nitrogen and oxygen atoms in total. The molecule has 1 amide bonds. The first-order chi connectivity index (χ1) is 9.08. The van der Waals surface area contributed by atoms with Crippen LogP contribution >= 0.6 is 0 Å². The highest BCUT2D eigenvalue weighted by Crippen LogP contribution is 2.22. The van der Waals surface area contributed by atoms with Crippen molar-refractivity contribution in [3.8, 4) is 5.75 Å². The molecule has 1 aromatic rings. The lowest BCUT2D eigenvalue weighted by molar-refractivity contribution is -0.120. The second kappa shape index (κ2) is 5.68. The number of benzene rings is 1. The Morgan fingerprint density at radius 2 is 2.21 bits per heavy atom. The molecular weight excluding hydrogens is 252 g/mol. The maximum absolute atomic E-state index is 11.8. The Morgan fingerprint density at radius 1 is 1.42 bits per heavy atom. The number of anilines is 1. The Hall–Kier alpha value is -2.12. The van der Waals surface area contributed by atoms with Gasteiger partial charge in [-0.25, -0.2) is 4.79 Å². The van der Waals surface area contributed by atoms with E-state index in [-0.39, 0.29) is 18.1 Å². The molecule has 0 aliphatic carbocycles. The van der Waals surface area contributed by atoms with Gasteiger partial charge in [-0.05, 0) is 12.1 Å². The molecule has 4 N–H and O–H groups in total. The summed E-state index contributed by atoms with van der Waals surface area (Å²) in [5.41, 5.74) is 0.122. The largest absolute Gasteiger partial charge is 0.507 e. The number of phenols is 1. The van der Waals surface area contributed by atoms with Gasteiger partial charge in [-0.2, -0.15) is 0 Å². The quantitative estimate of drug-likeness (QED) is 0.614. The molecule has 1 saturated heterocycles. The average molecular weight is 266 g/mol. The highest BCUT2D eigenvalue weighted by atomic mass is 16.5. The summed E-state index contributed by atoms with van der Waals surface area (Å²) in [6.45, 7) is 1.45. The summed E-state index contributed by atoms with van der Waals surface area (Å²) in [4.78, 5) is 22.6. The van der Waals surface area contributed by atoms with E-state index in [1.165, 1.54) is 18.2 Å². The van der Waals surface area contributed by atoms with Crippen molar-refractivity contribution in [2.75, 3.05) is 25.1 Å². The summed E-state index contributed by atoms with van der Waals surface area (Å²) in [6, 6.07) is 3.41. The minimum absolute atomic E-state index is 0.211. The van der Waals surface area contributed by atoms with Crippen molar-refractivity contribution < 1.29 is 24.5 Å². The molecule has 0 bridgehead atoms. The number of aromatic hydroxyl groups is 1. The standard InChI is InChI=1S/C12H14N2O5/c15-10-5-7(1-2-8(10)12(17)18)14-11(16)9-6-19-4-3-13-9/h1-2,5,9,13,15H,3-4,6H2,(H,14,16)(H,17,18). The lowest BCUT2D eigenvalue weighted by atomic mass is 10.1. The molecule has 0 radical (unpaired) electrons. The molecule has 1 atom stereocenters. The van der Waals surface area contributed by atoms with Gasteiger partial charge >= 0.3 is 5.97 Å². The molecule has 1 heterocycles. The van der Waals surface area contributed by atoms with Crippen LogP contribution in [0.1, 0.15) is 10.4 Å². The Bertz CT molecular complexity index is 497. The number of hydrogen-bond donors (Lipinski definition) is 4. The van der Waals surface area contributed by atoms with Crippen molar-refractivity contribution in [3.05, 3.63) is 23.8 Å². The first-order valence-corrected chi connectivity index (χ1v) is 5.76. The molecule has 0 saturated carbocycles. The smallest absolute Gasteiger partial charge is 0.339 e. The van der Waals surface area contributed by atoms with Gasteiger partial charge in [0, 0.05) is 18.3 Å². The molecule has 1 aliphatic heterocycles. The minimum atomic E-state index is -1.22. The van der Waals surface area contributed by atoms with Crippen LogP contribution in [0.25, 0.3) is 0 Å². The van der Waals surface area contributed by atoms with Crippen LogP contribution in [0, 0.1) is 0 Å². The average Bonchev–Trinajstić information content (AvgIpc) is 2.39. The van der Waals surface area contributed by atoms with Gasteiger partial charge in [0.2, 0.25) is 5.91 Å². The van der Waals surface area contributed by atoms with E-state index < -0.39 is 17.8 Å². The fourth-order valence-electron chi connectivity index (χ4n) is 1.75. The van der Waals surface area contributed by atoms with Gasteiger partial charge < -0.3 is 25.6 Å². The van der Waals surface area contributed by atoms with Crippen LogP contribution in [0.3, 0.4) is 0 Å². The van der Waals surface area contributed by atoms with E-state index in [0.29, 0.717) is 18.8 Å².